The number of fused-ring (bicyclic) bond motifs is 1. The van der Waals surface area contributed by atoms with Crippen molar-refractivity contribution in [3.05, 3.63) is 35.4 Å². The van der Waals surface area contributed by atoms with E-state index >= 15 is 0 Å². The van der Waals surface area contributed by atoms with Crippen LogP contribution < -0.4 is 14.8 Å². The van der Waals surface area contributed by atoms with Crippen molar-refractivity contribution in [2.75, 3.05) is 0 Å². The fraction of sp³-hybridized carbons (Fsp3) is 0.0769. The maximum Gasteiger partial charge on any atom is 0.371 e. The molecule has 0 saturated carbocycles. The molecule has 1 aliphatic heterocycles. The molecule has 2 heterocycles. The van der Waals surface area contributed by atoms with Crippen molar-refractivity contribution in [3.63, 3.8) is 0 Å². The van der Waals surface area contributed by atoms with E-state index in [9.17, 15) is 32.8 Å². The molecule has 132 valence electrons. The van der Waals surface area contributed by atoms with E-state index in [1.165, 1.54) is 18.2 Å². The predicted octanol–water partition coefficient (Wildman–Crippen LogP) is -0.0613. The average Bonchev–Trinajstić information content (AvgIpc) is 2.97. The molecule has 2 aromatic rings. The lowest BCUT2D eigenvalue weighted by molar-refractivity contribution is 0.0629. The third kappa shape index (κ3) is 3.07. The number of ether oxygens (including phenoxy) is 2. The molecule has 5 N–H and O–H groups in total. The van der Waals surface area contributed by atoms with Crippen molar-refractivity contribution in [2.24, 2.45) is 0 Å². The summed E-state index contributed by atoms with van der Waals surface area (Å²) in [5.74, 6) is -3.64. The highest BCUT2D eigenvalue weighted by molar-refractivity contribution is 7.86. The molecule has 25 heavy (non-hydrogen) atoms. The largest absolute Gasteiger partial charge is 0.494 e. The number of H-pyrrole nitrogens is 1. The molecule has 12 heteroatoms. The van der Waals surface area contributed by atoms with Crippen molar-refractivity contribution in [1.82, 2.24) is 10.3 Å². The molecule has 0 spiro atoms. The van der Waals surface area contributed by atoms with E-state index in [-0.39, 0.29) is 16.9 Å². The van der Waals surface area contributed by atoms with Gasteiger partial charge in [0.25, 0.3) is 11.8 Å². The minimum atomic E-state index is -4.98. The molecule has 11 nitrogen and oxygen atoms in total. The van der Waals surface area contributed by atoms with Gasteiger partial charge in [-0.25, -0.2) is 0 Å². The van der Waals surface area contributed by atoms with Gasteiger partial charge >= 0.3 is 15.7 Å². The van der Waals surface area contributed by atoms with Crippen LogP contribution in [0.4, 0.5) is 0 Å². The lowest BCUT2D eigenvalue weighted by Gasteiger charge is -2.18. The molecule has 3 rings (SSSR count). The standard InChI is InChI=1S/C13H10N2O9S/c16-8-4-7(11(18)14-8)24-13(25(20,21)22)23-6-3-1-2-5-9(6)12(19)15-10(5)17/h1-4,13-14,16,18H,(H,15,17,19)(H,20,21,22). The predicted molar refractivity (Wildman–Crippen MR) is 79.0 cm³/mol. The number of aromatic amines is 1. The van der Waals surface area contributed by atoms with Gasteiger partial charge in [-0.2, -0.15) is 8.42 Å². The second kappa shape index (κ2) is 5.68. The zero-order valence-corrected chi connectivity index (χ0v) is 12.9. The number of amides is 2. The molecule has 0 radical (unpaired) electrons. The van der Waals surface area contributed by atoms with Gasteiger partial charge in [0.2, 0.25) is 5.88 Å². The molecule has 1 atom stereocenters. The number of benzene rings is 1. The molecule has 1 aliphatic rings. The first-order chi connectivity index (χ1) is 11.7. The molecule has 1 aromatic heterocycles. The summed E-state index contributed by atoms with van der Waals surface area (Å²) < 4.78 is 42.1. The number of nitrogens with one attached hydrogen (secondary N) is 2. The zero-order chi connectivity index (χ0) is 18.4. The smallest absolute Gasteiger partial charge is 0.371 e. The van der Waals surface area contributed by atoms with Gasteiger partial charge in [0.15, 0.2) is 11.6 Å². The number of rotatable bonds is 5. The van der Waals surface area contributed by atoms with Gasteiger partial charge in [0.05, 0.1) is 11.1 Å². The maximum atomic E-state index is 11.8. The van der Waals surface area contributed by atoms with Crippen LogP contribution in [-0.4, -0.2) is 45.6 Å². The van der Waals surface area contributed by atoms with E-state index in [1.807, 2.05) is 10.3 Å². The second-order valence-electron chi connectivity index (χ2n) is 4.87. The normalized spacial score (nSPS) is 14.8. The first kappa shape index (κ1) is 16.6. The Morgan fingerprint density at radius 3 is 2.32 bits per heavy atom. The van der Waals surface area contributed by atoms with E-state index < -0.39 is 45.1 Å². The van der Waals surface area contributed by atoms with Crippen molar-refractivity contribution in [2.45, 2.75) is 5.62 Å². The SMILES string of the molecule is O=C1NC(=O)c2c(OC(Oc3cc(O)[nH]c3O)S(=O)(=O)O)cccc21. The van der Waals surface area contributed by atoms with Crippen LogP contribution in [0.25, 0.3) is 0 Å². The van der Waals surface area contributed by atoms with Gasteiger partial charge in [-0.15, -0.1) is 0 Å². The Morgan fingerprint density at radius 1 is 1.04 bits per heavy atom. The van der Waals surface area contributed by atoms with E-state index in [0.29, 0.717) is 0 Å². The lowest BCUT2D eigenvalue weighted by atomic mass is 10.1. The summed E-state index contributed by atoms with van der Waals surface area (Å²) in [5, 5.41) is 20.7. The number of aromatic hydroxyl groups is 2. The number of hydrogen-bond donors (Lipinski definition) is 5. The lowest BCUT2D eigenvalue weighted by Crippen LogP contribution is -2.33. The van der Waals surface area contributed by atoms with Crippen molar-refractivity contribution in [1.29, 1.82) is 0 Å². The minimum Gasteiger partial charge on any atom is -0.494 e. The third-order valence-corrected chi connectivity index (χ3v) is 3.84. The number of aromatic nitrogens is 1. The number of imide groups is 1. The van der Waals surface area contributed by atoms with Crippen molar-refractivity contribution >= 4 is 21.9 Å². The fourth-order valence-electron chi connectivity index (χ4n) is 2.14. The van der Waals surface area contributed by atoms with E-state index in [1.54, 1.807) is 0 Å². The summed E-state index contributed by atoms with van der Waals surface area (Å²) >= 11 is 0. The van der Waals surface area contributed by atoms with E-state index in [4.69, 9.17) is 9.47 Å². The summed E-state index contributed by atoms with van der Waals surface area (Å²) in [4.78, 5) is 25.4. The molecule has 1 aromatic carbocycles. The molecule has 0 saturated heterocycles. The maximum absolute atomic E-state index is 11.8. The van der Waals surface area contributed by atoms with E-state index in [0.717, 1.165) is 6.07 Å². The van der Waals surface area contributed by atoms with Crippen molar-refractivity contribution in [3.8, 4) is 23.3 Å². The summed E-state index contributed by atoms with van der Waals surface area (Å²) in [6.45, 7) is 0. The van der Waals surface area contributed by atoms with Gasteiger partial charge in [0, 0.05) is 6.07 Å². The molecule has 0 bridgehead atoms. The fourth-order valence-corrected chi connectivity index (χ4v) is 2.59. The summed E-state index contributed by atoms with van der Waals surface area (Å²) in [6, 6.07) is 4.67. The van der Waals surface area contributed by atoms with Gasteiger partial charge in [-0.3, -0.25) is 24.4 Å². The molecule has 0 aliphatic carbocycles. The van der Waals surface area contributed by atoms with Crippen LogP contribution >= 0.6 is 0 Å². The second-order valence-corrected chi connectivity index (χ2v) is 6.28. The van der Waals surface area contributed by atoms with Gasteiger partial charge < -0.3 is 19.7 Å². The van der Waals surface area contributed by atoms with Gasteiger partial charge in [-0.1, -0.05) is 6.07 Å². The molecular weight excluding hydrogens is 360 g/mol. The molecule has 0 fully saturated rings. The summed E-state index contributed by atoms with van der Waals surface area (Å²) in [7, 11) is -4.98. The van der Waals surface area contributed by atoms with Crippen LogP contribution in [0.3, 0.4) is 0 Å². The molecular formula is C13H10N2O9S. The van der Waals surface area contributed by atoms with Crippen LogP contribution in [0.5, 0.6) is 23.3 Å². The zero-order valence-electron chi connectivity index (χ0n) is 12.1. The van der Waals surface area contributed by atoms with Gasteiger partial charge in [0.1, 0.15) is 5.75 Å². The van der Waals surface area contributed by atoms with E-state index in [2.05, 4.69) is 0 Å². The topological polar surface area (TPSA) is 175 Å². The van der Waals surface area contributed by atoms with Crippen LogP contribution in [0.1, 0.15) is 20.7 Å². The average molecular weight is 370 g/mol. The minimum absolute atomic E-state index is 0.0428. The Hall–Kier alpha value is -3.25. The van der Waals surface area contributed by atoms with Crippen molar-refractivity contribution < 1.29 is 42.2 Å². The van der Waals surface area contributed by atoms with Crippen LogP contribution in [0.2, 0.25) is 0 Å². The monoisotopic (exact) mass is 370 g/mol. The quantitative estimate of drug-likeness (QED) is 0.274. The number of carbonyl (C=O) groups excluding carboxylic acids is 2. The number of carbonyl (C=O) groups is 2. The Kier molecular flexibility index (Phi) is 3.77. The highest BCUT2D eigenvalue weighted by Crippen LogP contribution is 2.33. The van der Waals surface area contributed by atoms with Crippen LogP contribution in [-0.2, 0) is 10.1 Å². The highest BCUT2D eigenvalue weighted by atomic mass is 32.2. The van der Waals surface area contributed by atoms with Crippen LogP contribution in [0, 0.1) is 0 Å². The summed E-state index contributed by atoms with van der Waals surface area (Å²) in [5.41, 5.74) is -2.66. The number of hydrogen-bond acceptors (Lipinski definition) is 8. The summed E-state index contributed by atoms with van der Waals surface area (Å²) in [6.07, 6.45) is 0. The van der Waals surface area contributed by atoms with Gasteiger partial charge in [-0.05, 0) is 12.1 Å². The Bertz CT molecular complexity index is 979. The molecule has 1 unspecified atom stereocenters. The Morgan fingerprint density at radius 2 is 1.72 bits per heavy atom. The third-order valence-electron chi connectivity index (χ3n) is 3.16. The first-order valence-corrected chi connectivity index (χ1v) is 8.06. The van der Waals surface area contributed by atoms with Crippen LogP contribution in [0.15, 0.2) is 24.3 Å². The Labute approximate surface area is 139 Å². The Balaban J connectivity index is 1.97. The first-order valence-electron chi connectivity index (χ1n) is 6.56. The molecule has 2 amide bonds. The highest BCUT2D eigenvalue weighted by Gasteiger charge is 2.35.